The van der Waals surface area contributed by atoms with Crippen molar-refractivity contribution in [2.45, 2.75) is 37.6 Å². The Labute approximate surface area is 263 Å². The molecule has 1 amide bonds. The van der Waals surface area contributed by atoms with Crippen molar-refractivity contribution in [2.24, 2.45) is 16.6 Å². The number of pyridine rings is 1. The van der Waals surface area contributed by atoms with Crippen LogP contribution in [0.2, 0.25) is 0 Å². The maximum atomic E-state index is 12.7. The van der Waals surface area contributed by atoms with Gasteiger partial charge in [-0.05, 0) is 47.5 Å². The number of nitrogens with one attached hydrogen (secondary N) is 2. The molecule has 4 aromatic rings. The van der Waals surface area contributed by atoms with Crippen molar-refractivity contribution in [3.63, 3.8) is 0 Å². The first-order valence-electron chi connectivity index (χ1n) is 13.6. The standard InChI is InChI=1S/C30H32N6O3S.ClHO4/c1-2-26-20-24(22-10-5-3-6-11-22)21-28(23-12-7-4-8-13-23)36(26)19-9-14-29(37)33-25-15-17-27(18-16-25)40(38,39)35-34-30(31)32;2-1(3,4)5/h3-8,10-13,15-18,20-21,35H,2,9,14,19H2,1H3,(H4-,31,32,33,34,37);(H,2,3,4,5). The van der Waals surface area contributed by atoms with Crippen LogP contribution in [0.15, 0.2) is 107 Å². The van der Waals surface area contributed by atoms with Gasteiger partial charge < -0.3 is 16.8 Å². The Morgan fingerprint density at radius 3 is 1.93 bits per heavy atom. The van der Waals surface area contributed by atoms with Gasteiger partial charge in [-0.3, -0.25) is 4.79 Å². The smallest absolute Gasteiger partial charge is 0.276 e. The number of aromatic nitrogens is 1. The second-order valence-corrected chi connectivity index (χ2v) is 12.0. The molecule has 0 unspecified atom stereocenters. The minimum Gasteiger partial charge on any atom is -0.369 e. The number of sulfonamides is 1. The maximum absolute atomic E-state index is 12.7. The molecule has 0 aliphatic rings. The SMILES string of the molecule is CCc1cc(-c2ccccc2)cc(-c2ccccc2)[n+]1CCCC(=O)Nc1ccc(S(=O)(=O)NN=C(N)N)cc1.[O-][Cl+3]([O-])([O-])[O-]. The summed E-state index contributed by atoms with van der Waals surface area (Å²) >= 11 is 0. The van der Waals surface area contributed by atoms with Crippen molar-refractivity contribution < 1.29 is 46.7 Å². The molecule has 0 spiro atoms. The van der Waals surface area contributed by atoms with Crippen LogP contribution in [0.4, 0.5) is 5.69 Å². The second kappa shape index (κ2) is 15.9. The first-order valence-corrected chi connectivity index (χ1v) is 16.3. The van der Waals surface area contributed by atoms with Crippen LogP contribution < -0.4 is 44.8 Å². The summed E-state index contributed by atoms with van der Waals surface area (Å²) in [6.07, 6.45) is 1.78. The number of hydrazone groups is 1. The fraction of sp³-hybridized carbons (Fsp3) is 0.167. The second-order valence-electron chi connectivity index (χ2n) is 9.54. The van der Waals surface area contributed by atoms with Gasteiger partial charge in [0.1, 0.15) is 6.54 Å². The van der Waals surface area contributed by atoms with E-state index in [1.54, 1.807) is 0 Å². The zero-order valence-corrected chi connectivity index (χ0v) is 25.8. The van der Waals surface area contributed by atoms with Crippen molar-refractivity contribution in [3.05, 3.63) is 103 Å². The molecule has 4 rings (SSSR count). The molecule has 238 valence electrons. The zero-order chi connectivity index (χ0) is 33.0. The van der Waals surface area contributed by atoms with Gasteiger partial charge in [-0.15, -0.1) is 15.3 Å². The molecule has 1 aromatic heterocycles. The molecule has 0 saturated heterocycles. The lowest BCUT2D eigenvalue weighted by atomic mass is 10.0. The summed E-state index contributed by atoms with van der Waals surface area (Å²) in [6.45, 7) is 2.81. The van der Waals surface area contributed by atoms with Gasteiger partial charge >= 0.3 is 0 Å². The molecule has 6 N–H and O–H groups in total. The molecule has 1 heterocycles. The highest BCUT2D eigenvalue weighted by atomic mass is 35.7. The van der Waals surface area contributed by atoms with Crippen LogP contribution in [0.3, 0.4) is 0 Å². The number of rotatable bonds is 11. The molecule has 0 bridgehead atoms. The quantitative estimate of drug-likeness (QED) is 0.0669. The number of hydrogen-bond donors (Lipinski definition) is 4. The van der Waals surface area contributed by atoms with E-state index in [4.69, 9.17) is 30.1 Å². The number of aryl methyl sites for hydroxylation is 1. The number of amides is 1. The number of benzene rings is 3. The van der Waals surface area contributed by atoms with Crippen molar-refractivity contribution >= 4 is 27.6 Å². The Morgan fingerprint density at radius 2 is 1.40 bits per heavy atom. The minimum absolute atomic E-state index is 0.0358. The van der Waals surface area contributed by atoms with Crippen molar-refractivity contribution in [2.75, 3.05) is 5.32 Å². The van der Waals surface area contributed by atoms with Crippen LogP contribution in [0.1, 0.15) is 25.5 Å². The molecule has 0 saturated carbocycles. The normalized spacial score (nSPS) is 11.1. The maximum Gasteiger partial charge on any atom is 0.276 e. The summed E-state index contributed by atoms with van der Waals surface area (Å²) in [7, 11) is -8.86. The molecule has 0 atom stereocenters. The van der Waals surface area contributed by atoms with Gasteiger partial charge in [-0.25, -0.2) is 18.6 Å². The Morgan fingerprint density at radius 1 is 0.844 bits per heavy atom. The number of hydrogen-bond acceptors (Lipinski definition) is 8. The summed E-state index contributed by atoms with van der Waals surface area (Å²) in [5.74, 6) is -0.560. The topological polar surface area (TPSA) is 236 Å². The molecule has 3 aromatic carbocycles. The first-order chi connectivity index (χ1) is 21.3. The van der Waals surface area contributed by atoms with E-state index in [1.807, 2.05) is 41.2 Å². The lowest BCUT2D eigenvalue weighted by molar-refractivity contribution is -2.00. The number of carbonyl (C=O) groups is 1. The van der Waals surface area contributed by atoms with E-state index in [9.17, 15) is 13.2 Å². The molecular formula is C30H33ClN6O7S. The third kappa shape index (κ3) is 11.5. The molecule has 0 fully saturated rings. The van der Waals surface area contributed by atoms with E-state index in [0.29, 0.717) is 25.1 Å². The highest BCUT2D eigenvalue weighted by Crippen LogP contribution is 2.25. The number of guanidine groups is 1. The monoisotopic (exact) mass is 656 g/mol. The highest BCUT2D eigenvalue weighted by Gasteiger charge is 2.21. The van der Waals surface area contributed by atoms with Crippen LogP contribution in [-0.2, 0) is 27.8 Å². The van der Waals surface area contributed by atoms with E-state index in [2.05, 4.69) is 58.3 Å². The number of nitrogens with two attached hydrogens (primary N) is 2. The van der Waals surface area contributed by atoms with Crippen LogP contribution in [0, 0.1) is 10.2 Å². The number of carbonyl (C=O) groups excluding carboxylic acids is 1. The van der Waals surface area contributed by atoms with E-state index in [0.717, 1.165) is 28.8 Å². The van der Waals surface area contributed by atoms with Crippen LogP contribution >= 0.6 is 0 Å². The third-order valence-electron chi connectivity index (χ3n) is 6.32. The summed E-state index contributed by atoms with van der Waals surface area (Å²) in [6, 6.07) is 30.8. The van der Waals surface area contributed by atoms with E-state index < -0.39 is 26.2 Å². The van der Waals surface area contributed by atoms with E-state index >= 15 is 0 Å². The van der Waals surface area contributed by atoms with Gasteiger partial charge in [-0.1, -0.05) is 55.5 Å². The lowest BCUT2D eigenvalue weighted by Gasteiger charge is -2.17. The fourth-order valence-electron chi connectivity index (χ4n) is 4.39. The van der Waals surface area contributed by atoms with Gasteiger partial charge in [0.25, 0.3) is 10.0 Å². The number of halogens is 1. The van der Waals surface area contributed by atoms with Gasteiger partial charge in [0.2, 0.25) is 17.6 Å². The molecule has 0 aliphatic carbocycles. The summed E-state index contributed by atoms with van der Waals surface area (Å²) in [5.41, 5.74) is 16.6. The largest absolute Gasteiger partial charge is 0.369 e. The summed E-state index contributed by atoms with van der Waals surface area (Å²) < 4.78 is 60.7. The predicted molar refractivity (Wildman–Crippen MR) is 157 cm³/mol. The highest BCUT2D eigenvalue weighted by molar-refractivity contribution is 7.89. The van der Waals surface area contributed by atoms with Crippen LogP contribution in [-0.4, -0.2) is 20.3 Å². The molecule has 13 nitrogen and oxygen atoms in total. The predicted octanol–water partition coefficient (Wildman–Crippen LogP) is -1.000. The molecular weight excluding hydrogens is 624 g/mol. The van der Waals surface area contributed by atoms with Crippen molar-refractivity contribution in [3.8, 4) is 22.4 Å². The molecule has 0 radical (unpaired) electrons. The van der Waals surface area contributed by atoms with Gasteiger partial charge in [0.05, 0.1) is 4.90 Å². The average molecular weight is 657 g/mol. The number of nitrogens with zero attached hydrogens (tertiary/aromatic N) is 2. The van der Waals surface area contributed by atoms with Crippen molar-refractivity contribution in [1.29, 1.82) is 0 Å². The van der Waals surface area contributed by atoms with Crippen LogP contribution in [0.5, 0.6) is 0 Å². The Hall–Kier alpha value is -4.57. The Kier molecular flexibility index (Phi) is 12.4. The Balaban J connectivity index is 0.00000102. The van der Waals surface area contributed by atoms with Gasteiger partial charge in [0.15, 0.2) is 5.69 Å². The zero-order valence-electron chi connectivity index (χ0n) is 24.3. The summed E-state index contributed by atoms with van der Waals surface area (Å²) in [5, 5.41) is 6.15. The van der Waals surface area contributed by atoms with Gasteiger partial charge in [0, 0.05) is 42.6 Å². The van der Waals surface area contributed by atoms with Gasteiger partial charge in [-0.2, -0.15) is 17.8 Å². The van der Waals surface area contributed by atoms with Crippen molar-refractivity contribution in [1.82, 2.24) is 4.83 Å². The third-order valence-corrected chi connectivity index (χ3v) is 7.54. The fourth-order valence-corrected chi connectivity index (χ4v) is 5.21. The minimum atomic E-state index is -4.94. The first kappa shape index (κ1) is 34.9. The number of anilines is 1. The Bertz CT molecular complexity index is 1690. The van der Waals surface area contributed by atoms with Crippen LogP contribution in [0.25, 0.3) is 22.4 Å². The average Bonchev–Trinajstić information content (AvgIpc) is 3.00. The molecule has 45 heavy (non-hydrogen) atoms. The van der Waals surface area contributed by atoms with E-state index in [-0.39, 0.29) is 10.8 Å². The molecule has 0 aliphatic heterocycles. The molecule has 15 heteroatoms. The summed E-state index contributed by atoms with van der Waals surface area (Å²) in [4.78, 5) is 14.6. The lowest BCUT2D eigenvalue weighted by Crippen LogP contribution is -2.68. The van der Waals surface area contributed by atoms with E-state index in [1.165, 1.54) is 30.0 Å².